The number of rotatable bonds is 12. The molecule has 30 heteroatoms. The summed E-state index contributed by atoms with van der Waals surface area (Å²) in [5.74, 6) is -11.8. The fourth-order valence-electron chi connectivity index (χ4n) is 15.0. The maximum Gasteiger partial charge on any atom is 0.393 e. The number of fused-ring (bicyclic) bond motifs is 1. The van der Waals surface area contributed by atoms with E-state index in [0.29, 0.717) is 64.5 Å². The summed E-state index contributed by atoms with van der Waals surface area (Å²) < 4.78 is 48.2. The molecule has 12 amide bonds. The van der Waals surface area contributed by atoms with Crippen LogP contribution in [-0.2, 0) is 62.3 Å². The van der Waals surface area contributed by atoms with Crippen LogP contribution in [-0.4, -0.2) is 269 Å². The van der Waals surface area contributed by atoms with Crippen LogP contribution < -0.4 is 21.3 Å². The number of hydrogen-bond acceptors (Lipinski definition) is 13. The Bertz CT molecular complexity index is 2870. The molecule has 0 aromatic heterocycles. The quantitative estimate of drug-likeness (QED) is 0.191. The van der Waals surface area contributed by atoms with Gasteiger partial charge >= 0.3 is 6.18 Å². The van der Waals surface area contributed by atoms with Crippen molar-refractivity contribution in [1.82, 2.24) is 60.5 Å². The van der Waals surface area contributed by atoms with Gasteiger partial charge in [0.05, 0.1) is 50.1 Å². The van der Waals surface area contributed by atoms with Gasteiger partial charge in [-0.2, -0.15) is 13.2 Å². The zero-order chi connectivity index (χ0) is 73.5. The Morgan fingerprint density at radius 3 is 1.85 bits per heavy atom. The third kappa shape index (κ3) is 21.5. The first-order valence-corrected chi connectivity index (χ1v) is 36.7. The minimum Gasteiger partial charge on any atom is -0.374 e. The maximum atomic E-state index is 15.3. The molecule has 6 aliphatic rings. The van der Waals surface area contributed by atoms with Crippen LogP contribution in [0.1, 0.15) is 176 Å². The third-order valence-electron chi connectivity index (χ3n) is 21.3. The molecule has 5 unspecified atom stereocenters. The maximum absolute atomic E-state index is 15.3. The van der Waals surface area contributed by atoms with Crippen molar-refractivity contribution in [2.24, 2.45) is 29.6 Å². The second-order valence-electron chi connectivity index (χ2n) is 29.6. The molecule has 99 heavy (non-hydrogen) atoms. The summed E-state index contributed by atoms with van der Waals surface area (Å²) in [5, 5.41) is 9.85. The highest BCUT2D eigenvalue weighted by atomic mass is 35.5. The number of hydrogen-bond donors (Lipinski definition) is 4. The predicted octanol–water partition coefficient (Wildman–Crippen LogP) is 4.81. The molecule has 25 nitrogen and oxygen atoms in total. The van der Waals surface area contributed by atoms with Gasteiger partial charge in [-0.3, -0.25) is 57.5 Å². The fraction of sp³-hybridized carbons (Fsp3) is 0.826. The molecule has 0 aromatic carbocycles. The average Bonchev–Trinajstić information content (AvgIpc) is 1.72. The van der Waals surface area contributed by atoms with Gasteiger partial charge in [-0.15, -0.1) is 23.2 Å². The molecule has 3 aliphatic carbocycles. The van der Waals surface area contributed by atoms with Crippen molar-refractivity contribution in [2.75, 3.05) is 88.2 Å². The van der Waals surface area contributed by atoms with E-state index in [4.69, 9.17) is 27.9 Å². The number of alkyl halides is 5. The lowest BCUT2D eigenvalue weighted by Crippen LogP contribution is -2.65. The van der Waals surface area contributed by atoms with E-state index in [9.17, 15) is 56.3 Å². The molecule has 3 saturated heterocycles. The average molecular weight is 1440 g/mol. The monoisotopic (exact) mass is 1440 g/mol. The van der Waals surface area contributed by atoms with Gasteiger partial charge in [0.15, 0.2) is 0 Å². The van der Waals surface area contributed by atoms with Gasteiger partial charge in [0, 0.05) is 67.3 Å². The SMILES string of the molecule is CC[C@H](C)[C@@H]1NC(=O)[C@H](CC(C)C)N(C)C(=O)C[C@@H](C(=O)N2CCCCC2)NC(=O)[C@H](C(C)C)N(C)C(=O)C2(CCCC2)NC(=O)[C@@H]2CCCN2C(=O)[C@H](CCC2CCC(C(F)(F)F)C(Cl)C2)NC(=O)CN(C)C(=O)[C@H](COC2CCCCC2Cl)N(C)C(=O)CN(C)C(=O)CN(C)C1=O. The summed E-state index contributed by atoms with van der Waals surface area (Å²) in [4.78, 5) is 187. The lowest BCUT2D eigenvalue weighted by molar-refractivity contribution is -0.182. The zero-order valence-corrected chi connectivity index (χ0v) is 61.7. The number of halogens is 5. The Hall–Kier alpha value is -6.03. The Morgan fingerprint density at radius 2 is 1.24 bits per heavy atom. The Morgan fingerprint density at radius 1 is 0.616 bits per heavy atom. The molecule has 4 N–H and O–H groups in total. The molecule has 560 valence electrons. The number of carbonyl (C=O) groups excluding carboxylic acids is 12. The van der Waals surface area contributed by atoms with Gasteiger partial charge < -0.3 is 65.2 Å². The molecule has 6 rings (SSSR count). The topological polar surface area (TPSA) is 288 Å². The number of nitrogens with one attached hydrogen (secondary N) is 4. The zero-order valence-electron chi connectivity index (χ0n) is 60.2. The first kappa shape index (κ1) is 81.9. The largest absolute Gasteiger partial charge is 0.393 e. The Labute approximate surface area is 592 Å². The minimum absolute atomic E-state index is 0.0224. The second-order valence-corrected chi connectivity index (χ2v) is 30.7. The van der Waals surface area contributed by atoms with Crippen LogP contribution in [0.15, 0.2) is 0 Å². The normalized spacial score (nSPS) is 30.4. The van der Waals surface area contributed by atoms with Gasteiger partial charge in [0.2, 0.25) is 70.9 Å². The first-order chi connectivity index (χ1) is 46.5. The lowest BCUT2D eigenvalue weighted by atomic mass is 9.78. The molecular weight excluding hydrogens is 1330 g/mol. The van der Waals surface area contributed by atoms with Crippen molar-refractivity contribution in [3.8, 4) is 0 Å². The van der Waals surface area contributed by atoms with Crippen molar-refractivity contribution in [2.45, 2.75) is 247 Å². The van der Waals surface area contributed by atoms with Gasteiger partial charge in [0.1, 0.15) is 47.8 Å². The number of likely N-dealkylation sites (tertiary alicyclic amines) is 1. The molecule has 1 spiro atoms. The highest BCUT2D eigenvalue weighted by Crippen LogP contribution is 2.44. The molecular formula is C69H111Cl2F3N12O13. The van der Waals surface area contributed by atoms with Gasteiger partial charge in [-0.25, -0.2) is 0 Å². The van der Waals surface area contributed by atoms with Gasteiger partial charge in [-0.05, 0) is 120 Å². The van der Waals surface area contributed by atoms with Crippen LogP contribution in [0.2, 0.25) is 0 Å². The van der Waals surface area contributed by atoms with Crippen molar-refractivity contribution in [3.05, 3.63) is 0 Å². The third-order valence-corrected chi connectivity index (χ3v) is 22.3. The van der Waals surface area contributed by atoms with E-state index >= 15 is 14.4 Å². The number of amides is 12. The van der Waals surface area contributed by atoms with Crippen LogP contribution in [0.4, 0.5) is 13.2 Å². The van der Waals surface area contributed by atoms with E-state index < -0.39 is 186 Å². The smallest absolute Gasteiger partial charge is 0.374 e. The van der Waals surface area contributed by atoms with Crippen LogP contribution in [0, 0.1) is 29.6 Å². The molecule has 3 saturated carbocycles. The van der Waals surface area contributed by atoms with Crippen LogP contribution in [0.25, 0.3) is 0 Å². The molecule has 13 atom stereocenters. The van der Waals surface area contributed by atoms with E-state index in [1.165, 1.54) is 57.0 Å². The number of nitrogens with zero attached hydrogens (tertiary/aromatic N) is 8. The number of carbonyl (C=O) groups is 12. The lowest BCUT2D eigenvalue weighted by Gasteiger charge is -2.40. The minimum atomic E-state index is -4.52. The van der Waals surface area contributed by atoms with Crippen LogP contribution in [0.3, 0.4) is 0 Å². The summed E-state index contributed by atoms with van der Waals surface area (Å²) in [6.07, 6.45) is 1.63. The highest BCUT2D eigenvalue weighted by Gasteiger charge is 2.51. The van der Waals surface area contributed by atoms with Crippen molar-refractivity contribution >= 4 is 94.1 Å². The predicted molar refractivity (Wildman–Crippen MR) is 365 cm³/mol. The summed E-state index contributed by atoms with van der Waals surface area (Å²) in [5.41, 5.74) is -1.58. The summed E-state index contributed by atoms with van der Waals surface area (Å²) in [6, 6.07) is -9.13. The number of piperidine rings is 1. The van der Waals surface area contributed by atoms with Gasteiger partial charge in [0.25, 0.3) is 0 Å². The van der Waals surface area contributed by atoms with Crippen LogP contribution in [0.5, 0.6) is 0 Å². The standard InChI is InChI=1S/C69H111Cl2F3N12O13/c1-13-43(6)58-66(97)81(9)38-56(89)79(7)39-57(90)83(11)52(40-99-53-24-16-15-22-46(53)70)65(96)80(8)37-54(87)75-48(28-26-44-25-27-45(47(71)35-44)69(72,73)74)64(95)86-33-21-23-50(86)61(92)78-68(29-17-18-30-68)67(98)84(12)59(42(4)5)62(93)76-49(63(94)85-31-19-14-20-32-85)36-55(88)82(10)51(34-41(2)3)60(91)77-58/h41-53,58-59H,13-40H2,1-12H3,(H,75,87)(H,76,93)(H,77,91)(H,78,92)/t43-,44?,45?,46?,47?,48-,49-,50-,51-,52-,53?,58-,59-/m0/s1. The summed E-state index contributed by atoms with van der Waals surface area (Å²) in [7, 11) is 8.19. The van der Waals surface area contributed by atoms with E-state index in [1.807, 2.05) is 20.8 Å². The van der Waals surface area contributed by atoms with Crippen molar-refractivity contribution < 1.29 is 75.4 Å². The van der Waals surface area contributed by atoms with Crippen LogP contribution >= 0.6 is 23.2 Å². The molecule has 3 heterocycles. The van der Waals surface area contributed by atoms with E-state index in [-0.39, 0.29) is 82.8 Å². The molecule has 0 radical (unpaired) electrons. The second kappa shape index (κ2) is 36.7. The molecule has 3 aliphatic heterocycles. The van der Waals surface area contributed by atoms with E-state index in [0.717, 1.165) is 38.9 Å². The number of ether oxygens (including phenoxy) is 1. The number of likely N-dealkylation sites (N-methyl/N-ethyl adjacent to an activating group) is 6. The fourth-order valence-corrected chi connectivity index (χ4v) is 15.9. The Balaban J connectivity index is 1.39. The first-order valence-electron chi connectivity index (χ1n) is 35.8. The highest BCUT2D eigenvalue weighted by molar-refractivity contribution is 6.21. The van der Waals surface area contributed by atoms with Gasteiger partial charge in [-0.1, -0.05) is 73.6 Å². The molecule has 6 fully saturated rings. The Kier molecular flexibility index (Phi) is 30.4. The molecule has 0 bridgehead atoms. The van der Waals surface area contributed by atoms with Crippen molar-refractivity contribution in [1.29, 1.82) is 0 Å². The van der Waals surface area contributed by atoms with E-state index in [2.05, 4.69) is 21.3 Å². The molecule has 0 aromatic rings. The summed E-state index contributed by atoms with van der Waals surface area (Å²) in [6.45, 7) is 9.21. The van der Waals surface area contributed by atoms with E-state index in [1.54, 1.807) is 25.7 Å². The summed E-state index contributed by atoms with van der Waals surface area (Å²) >= 11 is 13.1. The van der Waals surface area contributed by atoms with Crippen molar-refractivity contribution in [3.63, 3.8) is 0 Å².